The van der Waals surface area contributed by atoms with Crippen LogP contribution in [0.4, 0.5) is 13.2 Å². The molecule has 3 aromatic rings. The number of furan rings is 1. The number of alkyl halides is 3. The number of esters is 1. The Morgan fingerprint density at radius 3 is 2.63 bits per heavy atom. The summed E-state index contributed by atoms with van der Waals surface area (Å²) in [6, 6.07) is 4.37. The summed E-state index contributed by atoms with van der Waals surface area (Å²) in [5.74, 6) is -0.771. The molecule has 0 spiro atoms. The summed E-state index contributed by atoms with van der Waals surface area (Å²) in [5.41, 5.74) is 1.12. The van der Waals surface area contributed by atoms with E-state index in [0.717, 1.165) is 21.7 Å². The fourth-order valence-corrected chi connectivity index (χ4v) is 4.07. The molecule has 0 radical (unpaired) electrons. The molecule has 0 aliphatic carbocycles. The lowest BCUT2D eigenvalue weighted by Crippen LogP contribution is -2.03. The molecule has 0 saturated carbocycles. The highest BCUT2D eigenvalue weighted by molar-refractivity contribution is 7.80. The van der Waals surface area contributed by atoms with Crippen LogP contribution in [0.25, 0.3) is 10.1 Å². The molecule has 0 atom stereocenters. The predicted molar refractivity (Wildman–Crippen MR) is 97.6 cm³/mol. The molecule has 0 unspecified atom stereocenters. The van der Waals surface area contributed by atoms with Gasteiger partial charge in [-0.15, -0.1) is 24.0 Å². The molecule has 0 aliphatic rings. The molecule has 27 heavy (non-hydrogen) atoms. The highest BCUT2D eigenvalue weighted by atomic mass is 32.1. The SMILES string of the molecule is COC(=O)Cc1csc2cc(OCc3cc(C(F)(F)F)oc3C)cc(S)c12. The maximum absolute atomic E-state index is 12.7. The normalized spacial score (nSPS) is 11.8. The minimum atomic E-state index is -4.53. The van der Waals surface area contributed by atoms with Crippen molar-refractivity contribution in [3.63, 3.8) is 0 Å². The van der Waals surface area contributed by atoms with Gasteiger partial charge < -0.3 is 13.9 Å². The Labute approximate surface area is 162 Å². The van der Waals surface area contributed by atoms with Gasteiger partial charge in [0.05, 0.1) is 13.5 Å². The average Bonchev–Trinajstić information content (AvgIpc) is 3.16. The van der Waals surface area contributed by atoms with Crippen LogP contribution in [0.3, 0.4) is 0 Å². The molecular formula is C18H15F3O4S2. The molecule has 144 valence electrons. The van der Waals surface area contributed by atoms with E-state index >= 15 is 0 Å². The van der Waals surface area contributed by atoms with E-state index in [0.29, 0.717) is 16.2 Å². The van der Waals surface area contributed by atoms with E-state index in [2.05, 4.69) is 17.4 Å². The van der Waals surface area contributed by atoms with Crippen LogP contribution >= 0.6 is 24.0 Å². The first-order valence-electron chi connectivity index (χ1n) is 7.78. The van der Waals surface area contributed by atoms with Crippen LogP contribution in [-0.2, 0) is 28.7 Å². The molecule has 3 rings (SSSR count). The largest absolute Gasteiger partial charge is 0.489 e. The number of ether oxygens (including phenoxy) is 2. The first kappa shape index (κ1) is 19.6. The number of hydrogen-bond acceptors (Lipinski definition) is 6. The van der Waals surface area contributed by atoms with Crippen molar-refractivity contribution >= 4 is 40.0 Å². The average molecular weight is 416 g/mol. The topological polar surface area (TPSA) is 48.7 Å². The van der Waals surface area contributed by atoms with E-state index in [-0.39, 0.29) is 24.8 Å². The molecule has 1 aromatic carbocycles. The van der Waals surface area contributed by atoms with Crippen molar-refractivity contribution in [2.75, 3.05) is 7.11 Å². The molecular weight excluding hydrogens is 401 g/mol. The number of rotatable bonds is 5. The van der Waals surface area contributed by atoms with Crippen LogP contribution < -0.4 is 4.74 Å². The van der Waals surface area contributed by atoms with Gasteiger partial charge in [0.15, 0.2) is 0 Å². The van der Waals surface area contributed by atoms with Crippen LogP contribution in [0.5, 0.6) is 5.75 Å². The zero-order valence-corrected chi connectivity index (χ0v) is 16.1. The number of aryl methyl sites for hydroxylation is 1. The van der Waals surface area contributed by atoms with Crippen LogP contribution in [-0.4, -0.2) is 13.1 Å². The van der Waals surface area contributed by atoms with Gasteiger partial charge in [0.2, 0.25) is 5.76 Å². The highest BCUT2D eigenvalue weighted by Gasteiger charge is 2.35. The highest BCUT2D eigenvalue weighted by Crippen LogP contribution is 2.36. The summed E-state index contributed by atoms with van der Waals surface area (Å²) in [6.45, 7) is 1.39. The Morgan fingerprint density at radius 1 is 1.26 bits per heavy atom. The molecule has 2 heterocycles. The Morgan fingerprint density at radius 2 is 2.00 bits per heavy atom. The van der Waals surface area contributed by atoms with Crippen molar-refractivity contribution in [2.24, 2.45) is 0 Å². The van der Waals surface area contributed by atoms with Gasteiger partial charge in [0.25, 0.3) is 0 Å². The third-order valence-corrected chi connectivity index (χ3v) is 5.29. The zero-order valence-electron chi connectivity index (χ0n) is 14.3. The molecule has 0 aliphatic heterocycles. The lowest BCUT2D eigenvalue weighted by molar-refractivity contribution is -0.153. The van der Waals surface area contributed by atoms with Gasteiger partial charge in [-0.1, -0.05) is 0 Å². The van der Waals surface area contributed by atoms with E-state index in [4.69, 9.17) is 9.15 Å². The Bertz CT molecular complexity index is 989. The van der Waals surface area contributed by atoms with Gasteiger partial charge in [-0.2, -0.15) is 13.2 Å². The van der Waals surface area contributed by atoms with Crippen LogP contribution in [0.15, 0.2) is 32.9 Å². The number of hydrogen-bond donors (Lipinski definition) is 1. The number of halogens is 3. The molecule has 0 bridgehead atoms. The smallest absolute Gasteiger partial charge is 0.449 e. The van der Waals surface area contributed by atoms with E-state index in [1.807, 2.05) is 5.38 Å². The van der Waals surface area contributed by atoms with Crippen molar-refractivity contribution < 1.29 is 31.9 Å². The summed E-state index contributed by atoms with van der Waals surface area (Å²) >= 11 is 5.88. The van der Waals surface area contributed by atoms with Crippen molar-refractivity contribution in [1.29, 1.82) is 0 Å². The van der Waals surface area contributed by atoms with Crippen LogP contribution in [0.1, 0.15) is 22.6 Å². The summed E-state index contributed by atoms with van der Waals surface area (Å²) in [5, 5.41) is 2.68. The van der Waals surface area contributed by atoms with Gasteiger partial charge in [-0.25, -0.2) is 0 Å². The predicted octanol–water partition coefficient (Wildman–Crippen LogP) is 5.40. The number of thiol groups is 1. The van der Waals surface area contributed by atoms with Gasteiger partial charge >= 0.3 is 12.1 Å². The monoisotopic (exact) mass is 416 g/mol. The first-order valence-corrected chi connectivity index (χ1v) is 9.11. The maximum atomic E-state index is 12.7. The minimum Gasteiger partial charge on any atom is -0.489 e. The number of fused-ring (bicyclic) bond motifs is 1. The van der Waals surface area contributed by atoms with Crippen molar-refractivity contribution in [3.05, 3.63) is 46.2 Å². The number of carbonyl (C=O) groups is 1. The van der Waals surface area contributed by atoms with Crippen LogP contribution in [0, 0.1) is 6.92 Å². The van der Waals surface area contributed by atoms with E-state index in [1.165, 1.54) is 25.4 Å². The molecule has 2 aromatic heterocycles. The quantitative estimate of drug-likeness (QED) is 0.447. The molecule has 0 saturated heterocycles. The van der Waals surface area contributed by atoms with Crippen LogP contribution in [0.2, 0.25) is 0 Å². The Hall–Kier alpha value is -2.13. The van der Waals surface area contributed by atoms with E-state index < -0.39 is 11.9 Å². The summed E-state index contributed by atoms with van der Waals surface area (Å²) in [4.78, 5) is 12.1. The summed E-state index contributed by atoms with van der Waals surface area (Å²) in [6.07, 6.45) is -4.40. The Balaban J connectivity index is 1.81. The van der Waals surface area contributed by atoms with Gasteiger partial charge in [0.1, 0.15) is 18.1 Å². The van der Waals surface area contributed by atoms with Gasteiger partial charge in [-0.3, -0.25) is 4.79 Å². The summed E-state index contributed by atoms with van der Waals surface area (Å²) < 4.78 is 54.1. The third kappa shape index (κ3) is 4.24. The number of benzene rings is 1. The fourth-order valence-electron chi connectivity index (χ4n) is 2.59. The first-order chi connectivity index (χ1) is 12.7. The summed E-state index contributed by atoms with van der Waals surface area (Å²) in [7, 11) is 1.33. The third-order valence-electron chi connectivity index (χ3n) is 3.96. The minimum absolute atomic E-state index is 0.0649. The number of carbonyl (C=O) groups excluding carboxylic acids is 1. The molecule has 9 heteroatoms. The second-order valence-electron chi connectivity index (χ2n) is 5.81. The Kier molecular flexibility index (Phi) is 5.43. The lowest BCUT2D eigenvalue weighted by Gasteiger charge is -2.08. The fraction of sp³-hybridized carbons (Fsp3) is 0.278. The maximum Gasteiger partial charge on any atom is 0.449 e. The molecule has 0 fully saturated rings. The van der Waals surface area contributed by atoms with Gasteiger partial charge in [-0.05, 0) is 36.1 Å². The molecule has 0 amide bonds. The standard InChI is InChI=1S/C18H15F3O4S2/c1-9-10(3-15(25-9)18(19,20)21)7-24-12-5-13(26)17-11(4-16(22)23-2)8-27-14(17)6-12/h3,5-6,8,26H,4,7H2,1-2H3. The van der Waals surface area contributed by atoms with Crippen molar-refractivity contribution in [2.45, 2.75) is 31.0 Å². The number of thiophene rings is 1. The second-order valence-corrected chi connectivity index (χ2v) is 7.20. The molecule has 4 nitrogen and oxygen atoms in total. The van der Waals surface area contributed by atoms with E-state index in [1.54, 1.807) is 12.1 Å². The lowest BCUT2D eigenvalue weighted by atomic mass is 10.1. The van der Waals surface area contributed by atoms with Crippen molar-refractivity contribution in [3.8, 4) is 5.75 Å². The van der Waals surface area contributed by atoms with Crippen molar-refractivity contribution in [1.82, 2.24) is 0 Å². The van der Waals surface area contributed by atoms with Gasteiger partial charge in [0, 0.05) is 20.5 Å². The zero-order chi connectivity index (χ0) is 19.8. The molecule has 0 N–H and O–H groups in total. The van der Waals surface area contributed by atoms with E-state index in [9.17, 15) is 18.0 Å². The second kappa shape index (κ2) is 7.47. The number of methoxy groups -OCH3 is 1.